The number of nitrogens with zero attached hydrogens (tertiary/aromatic N) is 4. The molecular formula is C23H23F3N4O4. The quantitative estimate of drug-likeness (QED) is 0.621. The minimum absolute atomic E-state index is 0.116. The Morgan fingerprint density at radius 2 is 1.76 bits per heavy atom. The average Bonchev–Trinajstić information content (AvgIpc) is 3.10. The van der Waals surface area contributed by atoms with Crippen molar-refractivity contribution in [2.24, 2.45) is 0 Å². The molecule has 3 heterocycles. The molecule has 34 heavy (non-hydrogen) atoms. The van der Waals surface area contributed by atoms with Crippen LogP contribution >= 0.6 is 0 Å². The standard InChI is InChI=1S/C21H22N4O2.C2HF3O2/c1-27-18-7-5-16(6-8-18)19-15-23-20-9-11-24(12-13-25(19)20)21(26)14-17-4-2-3-10-22-17;3-2(4,5)1(6)7/h2-8,10,15H,9,11-14H2,1H3;(H,6,7). The molecule has 11 heteroatoms. The molecule has 0 atom stereocenters. The second-order valence-electron chi connectivity index (χ2n) is 7.37. The lowest BCUT2D eigenvalue weighted by Gasteiger charge is -2.20. The van der Waals surface area contributed by atoms with Crippen molar-refractivity contribution in [3.63, 3.8) is 0 Å². The Kier molecular flexibility index (Phi) is 7.87. The van der Waals surface area contributed by atoms with Crippen LogP contribution in [0.2, 0.25) is 0 Å². The Balaban J connectivity index is 0.000000406. The Bertz CT molecular complexity index is 1120. The monoisotopic (exact) mass is 476 g/mol. The van der Waals surface area contributed by atoms with Crippen molar-refractivity contribution in [1.82, 2.24) is 19.4 Å². The zero-order valence-corrected chi connectivity index (χ0v) is 18.3. The smallest absolute Gasteiger partial charge is 0.490 e. The SMILES string of the molecule is COc1ccc(-c2cnc3n2CCN(C(=O)Cc2ccccn2)CC3)cc1.O=C(O)C(F)(F)F. The van der Waals surface area contributed by atoms with Crippen molar-refractivity contribution in [3.05, 3.63) is 66.4 Å². The van der Waals surface area contributed by atoms with Gasteiger partial charge in [-0.3, -0.25) is 9.78 Å². The zero-order chi connectivity index (χ0) is 24.7. The van der Waals surface area contributed by atoms with E-state index in [-0.39, 0.29) is 5.91 Å². The summed E-state index contributed by atoms with van der Waals surface area (Å²) in [5.41, 5.74) is 2.98. The molecule has 3 aromatic rings. The number of aliphatic carboxylic acids is 1. The molecule has 8 nitrogen and oxygen atoms in total. The van der Waals surface area contributed by atoms with Gasteiger partial charge in [-0.25, -0.2) is 9.78 Å². The molecule has 0 saturated carbocycles. The van der Waals surface area contributed by atoms with E-state index in [0.29, 0.717) is 19.5 Å². The average molecular weight is 476 g/mol. The fraction of sp³-hybridized carbons (Fsp3) is 0.304. The first-order chi connectivity index (χ1) is 16.2. The van der Waals surface area contributed by atoms with Crippen LogP contribution in [0.1, 0.15) is 11.5 Å². The van der Waals surface area contributed by atoms with E-state index in [9.17, 15) is 18.0 Å². The predicted octanol–water partition coefficient (Wildman–Crippen LogP) is 3.21. The summed E-state index contributed by atoms with van der Waals surface area (Å²) in [6, 6.07) is 13.6. The Morgan fingerprint density at radius 3 is 2.35 bits per heavy atom. The minimum atomic E-state index is -5.08. The molecule has 0 unspecified atom stereocenters. The maximum Gasteiger partial charge on any atom is 0.490 e. The third-order valence-electron chi connectivity index (χ3n) is 5.18. The number of rotatable bonds is 4. The number of ether oxygens (including phenoxy) is 1. The number of carbonyl (C=O) groups is 2. The molecule has 1 aromatic carbocycles. The molecule has 0 aliphatic carbocycles. The van der Waals surface area contributed by atoms with Gasteiger partial charge in [-0.1, -0.05) is 6.07 Å². The number of aromatic nitrogens is 3. The molecule has 180 valence electrons. The molecule has 1 aliphatic rings. The lowest BCUT2D eigenvalue weighted by atomic mass is 10.1. The Morgan fingerprint density at radius 1 is 1.06 bits per heavy atom. The van der Waals surface area contributed by atoms with E-state index in [0.717, 1.165) is 41.5 Å². The van der Waals surface area contributed by atoms with Gasteiger partial charge in [0.05, 0.1) is 25.4 Å². The number of pyridine rings is 1. The maximum absolute atomic E-state index is 12.7. The Hall–Kier alpha value is -3.89. The van der Waals surface area contributed by atoms with Crippen LogP contribution in [0, 0.1) is 0 Å². The molecule has 4 rings (SSSR count). The largest absolute Gasteiger partial charge is 0.497 e. The first-order valence-electron chi connectivity index (χ1n) is 10.4. The van der Waals surface area contributed by atoms with Gasteiger partial charge in [-0.05, 0) is 36.4 Å². The summed E-state index contributed by atoms with van der Waals surface area (Å²) in [5, 5.41) is 7.12. The highest BCUT2D eigenvalue weighted by Gasteiger charge is 2.38. The fourth-order valence-corrected chi connectivity index (χ4v) is 3.44. The third-order valence-corrected chi connectivity index (χ3v) is 5.18. The van der Waals surface area contributed by atoms with Crippen LogP contribution in [0.25, 0.3) is 11.3 Å². The van der Waals surface area contributed by atoms with Crippen molar-refractivity contribution < 1.29 is 32.6 Å². The topological polar surface area (TPSA) is 97.5 Å². The van der Waals surface area contributed by atoms with Gasteiger partial charge in [0.1, 0.15) is 11.6 Å². The van der Waals surface area contributed by atoms with Crippen molar-refractivity contribution in [1.29, 1.82) is 0 Å². The first-order valence-corrected chi connectivity index (χ1v) is 10.4. The van der Waals surface area contributed by atoms with Crippen LogP contribution < -0.4 is 4.74 Å². The van der Waals surface area contributed by atoms with Crippen molar-refractivity contribution in [2.75, 3.05) is 20.2 Å². The number of carboxylic acid groups (broad SMARTS) is 1. The molecule has 0 saturated heterocycles. The zero-order valence-electron chi connectivity index (χ0n) is 18.3. The molecule has 1 aliphatic heterocycles. The number of amides is 1. The summed E-state index contributed by atoms with van der Waals surface area (Å²) in [7, 11) is 1.66. The van der Waals surface area contributed by atoms with Crippen LogP contribution in [0.15, 0.2) is 54.9 Å². The summed E-state index contributed by atoms with van der Waals surface area (Å²) >= 11 is 0. The number of carboxylic acids is 1. The second-order valence-corrected chi connectivity index (χ2v) is 7.37. The lowest BCUT2D eigenvalue weighted by molar-refractivity contribution is -0.192. The summed E-state index contributed by atoms with van der Waals surface area (Å²) in [5.74, 6) is -0.785. The number of halogens is 3. The maximum atomic E-state index is 12.7. The summed E-state index contributed by atoms with van der Waals surface area (Å²) in [4.78, 5) is 32.3. The summed E-state index contributed by atoms with van der Waals surface area (Å²) in [6.07, 6.45) is -0.344. The third kappa shape index (κ3) is 6.33. The van der Waals surface area contributed by atoms with Gasteiger partial charge in [0.25, 0.3) is 0 Å². The highest BCUT2D eigenvalue weighted by molar-refractivity contribution is 5.78. The molecule has 1 N–H and O–H groups in total. The van der Waals surface area contributed by atoms with Crippen LogP contribution in [0.4, 0.5) is 13.2 Å². The van der Waals surface area contributed by atoms with Gasteiger partial charge in [-0.15, -0.1) is 0 Å². The molecule has 1 amide bonds. The molecular weight excluding hydrogens is 453 g/mol. The van der Waals surface area contributed by atoms with E-state index in [1.54, 1.807) is 13.3 Å². The van der Waals surface area contributed by atoms with Gasteiger partial charge in [0, 0.05) is 43.5 Å². The van der Waals surface area contributed by atoms with Crippen molar-refractivity contribution in [3.8, 4) is 17.0 Å². The number of imidazole rings is 1. The van der Waals surface area contributed by atoms with Crippen LogP contribution in [-0.2, 0) is 29.0 Å². The molecule has 2 aromatic heterocycles. The summed E-state index contributed by atoms with van der Waals surface area (Å²) < 4.78 is 39.2. The van der Waals surface area contributed by atoms with E-state index in [2.05, 4.69) is 14.5 Å². The number of benzene rings is 1. The number of methoxy groups -OCH3 is 1. The van der Waals surface area contributed by atoms with Gasteiger partial charge in [-0.2, -0.15) is 13.2 Å². The first kappa shape index (κ1) is 24.7. The van der Waals surface area contributed by atoms with Gasteiger partial charge in [0.15, 0.2) is 0 Å². The summed E-state index contributed by atoms with van der Waals surface area (Å²) in [6.45, 7) is 2.10. The number of hydrogen-bond donors (Lipinski definition) is 1. The van der Waals surface area contributed by atoms with E-state index in [4.69, 9.17) is 14.6 Å². The number of fused-ring (bicyclic) bond motifs is 1. The minimum Gasteiger partial charge on any atom is -0.497 e. The van der Waals surface area contributed by atoms with Gasteiger partial charge < -0.3 is 19.3 Å². The van der Waals surface area contributed by atoms with E-state index in [1.807, 2.05) is 53.6 Å². The molecule has 0 bridgehead atoms. The Labute approximate surface area is 193 Å². The van der Waals surface area contributed by atoms with E-state index >= 15 is 0 Å². The molecule has 0 radical (unpaired) electrons. The highest BCUT2D eigenvalue weighted by atomic mass is 19.4. The van der Waals surface area contributed by atoms with Crippen molar-refractivity contribution >= 4 is 11.9 Å². The highest BCUT2D eigenvalue weighted by Crippen LogP contribution is 2.25. The van der Waals surface area contributed by atoms with Crippen LogP contribution in [-0.4, -0.2) is 62.8 Å². The molecule has 0 spiro atoms. The fourth-order valence-electron chi connectivity index (χ4n) is 3.44. The predicted molar refractivity (Wildman–Crippen MR) is 116 cm³/mol. The second kappa shape index (κ2) is 10.8. The van der Waals surface area contributed by atoms with Gasteiger partial charge in [0.2, 0.25) is 5.91 Å². The number of alkyl halides is 3. The lowest BCUT2D eigenvalue weighted by Crippen LogP contribution is -2.35. The number of hydrogen-bond acceptors (Lipinski definition) is 5. The number of carbonyl (C=O) groups excluding carboxylic acids is 1. The van der Waals surface area contributed by atoms with Crippen LogP contribution in [0.3, 0.4) is 0 Å². The molecule has 0 fully saturated rings. The van der Waals surface area contributed by atoms with E-state index in [1.165, 1.54) is 0 Å². The van der Waals surface area contributed by atoms with Crippen molar-refractivity contribution in [2.45, 2.75) is 25.6 Å². The normalized spacial score (nSPS) is 13.2. The van der Waals surface area contributed by atoms with Crippen LogP contribution in [0.5, 0.6) is 5.75 Å². The van der Waals surface area contributed by atoms with E-state index < -0.39 is 12.1 Å². The van der Waals surface area contributed by atoms with Gasteiger partial charge >= 0.3 is 12.1 Å².